The van der Waals surface area contributed by atoms with Gasteiger partial charge < -0.3 is 5.32 Å². The lowest BCUT2D eigenvalue weighted by Gasteiger charge is -2.31. The molecule has 4 heteroatoms. The van der Waals surface area contributed by atoms with E-state index in [1.165, 1.54) is 11.1 Å². The molecule has 3 nitrogen and oxygen atoms in total. The number of amides is 1. The molecule has 1 N–H and O–H groups in total. The predicted octanol–water partition coefficient (Wildman–Crippen LogP) is 4.96. The number of para-hydroxylation sites is 1. The van der Waals surface area contributed by atoms with Crippen molar-refractivity contribution in [2.75, 3.05) is 24.2 Å². The summed E-state index contributed by atoms with van der Waals surface area (Å²) in [5, 5.41) is 3.16. The van der Waals surface area contributed by atoms with Gasteiger partial charge in [-0.05, 0) is 61.9 Å². The van der Waals surface area contributed by atoms with Crippen molar-refractivity contribution in [3.05, 3.63) is 59.7 Å². The molecule has 0 unspecified atom stereocenters. The van der Waals surface area contributed by atoms with Crippen LogP contribution in [0.4, 0.5) is 5.69 Å². The Bertz CT molecular complexity index is 738. The van der Waals surface area contributed by atoms with E-state index in [0.717, 1.165) is 48.8 Å². The molecule has 0 aromatic heterocycles. The lowest BCUT2D eigenvalue weighted by atomic mass is 9.95. The van der Waals surface area contributed by atoms with Crippen molar-refractivity contribution in [2.45, 2.75) is 38.1 Å². The summed E-state index contributed by atoms with van der Waals surface area (Å²) >= 11 is 1.77. The largest absolute Gasteiger partial charge is 0.325 e. The Kier molecular flexibility index (Phi) is 6.75. The van der Waals surface area contributed by atoms with E-state index in [4.69, 9.17) is 0 Å². The zero-order valence-electron chi connectivity index (χ0n) is 15.7. The van der Waals surface area contributed by atoms with E-state index in [-0.39, 0.29) is 11.8 Å². The number of piperidine rings is 1. The monoisotopic (exact) mass is 368 g/mol. The Morgan fingerprint density at radius 3 is 2.54 bits per heavy atom. The van der Waals surface area contributed by atoms with Crippen molar-refractivity contribution in [1.29, 1.82) is 0 Å². The number of rotatable bonds is 6. The van der Waals surface area contributed by atoms with Crippen LogP contribution >= 0.6 is 11.8 Å². The molecule has 0 saturated carbocycles. The molecule has 138 valence electrons. The van der Waals surface area contributed by atoms with Gasteiger partial charge in [-0.3, -0.25) is 9.69 Å². The highest BCUT2D eigenvalue weighted by molar-refractivity contribution is 7.99. The van der Waals surface area contributed by atoms with E-state index >= 15 is 0 Å². The molecule has 0 spiro atoms. The lowest BCUT2D eigenvalue weighted by Crippen LogP contribution is -2.37. The van der Waals surface area contributed by atoms with Crippen molar-refractivity contribution >= 4 is 23.4 Å². The first kappa shape index (κ1) is 19.0. The van der Waals surface area contributed by atoms with Gasteiger partial charge in [0.1, 0.15) is 0 Å². The number of benzene rings is 2. The van der Waals surface area contributed by atoms with Crippen LogP contribution in [-0.2, 0) is 11.3 Å². The average Bonchev–Trinajstić information content (AvgIpc) is 2.66. The van der Waals surface area contributed by atoms with Crippen molar-refractivity contribution in [3.63, 3.8) is 0 Å². The van der Waals surface area contributed by atoms with Gasteiger partial charge in [0.25, 0.3) is 0 Å². The third-order valence-corrected chi connectivity index (χ3v) is 6.01. The maximum Gasteiger partial charge on any atom is 0.227 e. The van der Waals surface area contributed by atoms with E-state index in [0.29, 0.717) is 0 Å². The van der Waals surface area contributed by atoms with Crippen molar-refractivity contribution in [3.8, 4) is 0 Å². The molecule has 1 heterocycles. The van der Waals surface area contributed by atoms with Crippen LogP contribution in [0.25, 0.3) is 0 Å². The Hall–Kier alpha value is -1.78. The molecule has 1 aliphatic rings. The van der Waals surface area contributed by atoms with Gasteiger partial charge in [0.2, 0.25) is 5.91 Å². The van der Waals surface area contributed by atoms with Gasteiger partial charge in [0.15, 0.2) is 0 Å². The van der Waals surface area contributed by atoms with Crippen LogP contribution in [-0.4, -0.2) is 29.6 Å². The van der Waals surface area contributed by atoms with Crippen LogP contribution in [0.15, 0.2) is 53.4 Å². The number of carbonyl (C=O) groups excluding carboxylic acids is 1. The molecule has 1 amide bonds. The fourth-order valence-corrected chi connectivity index (χ4v) is 4.23. The van der Waals surface area contributed by atoms with E-state index in [9.17, 15) is 4.79 Å². The van der Waals surface area contributed by atoms with Gasteiger partial charge in [-0.2, -0.15) is 0 Å². The molecule has 1 fully saturated rings. The highest BCUT2D eigenvalue weighted by Gasteiger charge is 2.25. The Morgan fingerprint density at radius 2 is 1.81 bits per heavy atom. The number of carbonyl (C=O) groups is 1. The van der Waals surface area contributed by atoms with Crippen molar-refractivity contribution < 1.29 is 4.79 Å². The second-order valence-corrected chi connectivity index (χ2v) is 8.20. The lowest BCUT2D eigenvalue weighted by molar-refractivity contribution is -0.121. The van der Waals surface area contributed by atoms with Crippen molar-refractivity contribution in [2.24, 2.45) is 5.92 Å². The van der Waals surface area contributed by atoms with E-state index in [1.54, 1.807) is 11.8 Å². The third kappa shape index (κ3) is 4.89. The van der Waals surface area contributed by atoms with Crippen molar-refractivity contribution in [1.82, 2.24) is 4.90 Å². The molecule has 1 aliphatic heterocycles. The Morgan fingerprint density at radius 1 is 1.12 bits per heavy atom. The van der Waals surface area contributed by atoms with Gasteiger partial charge in [-0.1, -0.05) is 43.3 Å². The molecular formula is C22H28N2OS. The number of anilines is 1. The summed E-state index contributed by atoms with van der Waals surface area (Å²) < 4.78 is 0. The Labute approximate surface area is 161 Å². The van der Waals surface area contributed by atoms with E-state index < -0.39 is 0 Å². The number of thioether (sulfide) groups is 1. The summed E-state index contributed by atoms with van der Waals surface area (Å²) in [7, 11) is 0. The molecule has 2 aromatic rings. The zero-order valence-corrected chi connectivity index (χ0v) is 16.5. The van der Waals surface area contributed by atoms with Crippen LogP contribution in [0.2, 0.25) is 0 Å². The highest BCUT2D eigenvalue weighted by atomic mass is 32.2. The second kappa shape index (κ2) is 9.24. The second-order valence-electron chi connectivity index (χ2n) is 6.90. The molecule has 0 aliphatic carbocycles. The number of likely N-dealkylation sites (tertiary alicyclic amines) is 1. The molecule has 2 aromatic carbocycles. The maximum absolute atomic E-state index is 12.7. The van der Waals surface area contributed by atoms with E-state index in [1.807, 2.05) is 18.2 Å². The molecule has 26 heavy (non-hydrogen) atoms. The topological polar surface area (TPSA) is 32.3 Å². The summed E-state index contributed by atoms with van der Waals surface area (Å²) in [5.41, 5.74) is 3.69. The van der Waals surface area contributed by atoms with Gasteiger partial charge in [-0.25, -0.2) is 0 Å². The highest BCUT2D eigenvalue weighted by Crippen LogP contribution is 2.28. The number of hydrogen-bond acceptors (Lipinski definition) is 3. The average molecular weight is 369 g/mol. The molecule has 0 atom stereocenters. The first-order chi connectivity index (χ1) is 12.7. The number of nitrogens with zero attached hydrogens (tertiary/aromatic N) is 1. The minimum atomic E-state index is 0.114. The molecule has 0 bridgehead atoms. The van der Waals surface area contributed by atoms with Crippen LogP contribution in [0.5, 0.6) is 0 Å². The SMILES string of the molecule is CCSc1ccccc1NC(=O)C1CCN(Cc2ccccc2C)CC1. The summed E-state index contributed by atoms with van der Waals surface area (Å²) in [4.78, 5) is 16.3. The molecule has 3 rings (SSSR count). The minimum absolute atomic E-state index is 0.114. The normalized spacial score (nSPS) is 15.8. The third-order valence-electron chi connectivity index (χ3n) is 5.06. The summed E-state index contributed by atoms with van der Waals surface area (Å²) in [6.45, 7) is 7.25. The summed E-state index contributed by atoms with van der Waals surface area (Å²) in [6.07, 6.45) is 1.86. The fraction of sp³-hybridized carbons (Fsp3) is 0.409. The van der Waals surface area contributed by atoms with Crippen LogP contribution in [0, 0.1) is 12.8 Å². The number of nitrogens with one attached hydrogen (secondary N) is 1. The van der Waals surface area contributed by atoms with Gasteiger partial charge >= 0.3 is 0 Å². The first-order valence-corrected chi connectivity index (χ1v) is 10.5. The van der Waals surface area contributed by atoms with Gasteiger partial charge in [-0.15, -0.1) is 11.8 Å². The zero-order chi connectivity index (χ0) is 18.4. The van der Waals surface area contributed by atoms with Crippen LogP contribution < -0.4 is 5.32 Å². The quantitative estimate of drug-likeness (QED) is 0.732. The summed E-state index contributed by atoms with van der Waals surface area (Å²) in [6, 6.07) is 16.7. The number of aryl methyl sites for hydroxylation is 1. The predicted molar refractivity (Wildman–Crippen MR) is 111 cm³/mol. The molecule has 0 radical (unpaired) electrons. The van der Waals surface area contributed by atoms with Gasteiger partial charge in [0.05, 0.1) is 5.69 Å². The Balaban J connectivity index is 1.53. The maximum atomic E-state index is 12.7. The smallest absolute Gasteiger partial charge is 0.227 e. The molecule has 1 saturated heterocycles. The van der Waals surface area contributed by atoms with Crippen LogP contribution in [0.1, 0.15) is 30.9 Å². The fourth-order valence-electron chi connectivity index (χ4n) is 3.47. The van der Waals surface area contributed by atoms with E-state index in [2.05, 4.69) is 54.4 Å². The minimum Gasteiger partial charge on any atom is -0.325 e. The molecular weight excluding hydrogens is 340 g/mol. The summed E-state index contributed by atoms with van der Waals surface area (Å²) in [5.74, 6) is 1.29. The number of hydrogen-bond donors (Lipinski definition) is 1. The first-order valence-electron chi connectivity index (χ1n) is 9.47. The standard InChI is InChI=1S/C22H28N2OS/c1-3-26-21-11-7-6-10-20(21)23-22(25)18-12-14-24(15-13-18)16-19-9-5-4-8-17(19)2/h4-11,18H,3,12-16H2,1-2H3,(H,23,25). The van der Waals surface area contributed by atoms with Crippen LogP contribution in [0.3, 0.4) is 0 Å². The van der Waals surface area contributed by atoms with Gasteiger partial charge in [0, 0.05) is 17.4 Å².